The van der Waals surface area contributed by atoms with Gasteiger partial charge in [-0.3, -0.25) is 0 Å². The highest BCUT2D eigenvalue weighted by atomic mass is 19.4. The molecule has 0 saturated heterocycles. The highest BCUT2D eigenvalue weighted by Crippen LogP contribution is 2.61. The van der Waals surface area contributed by atoms with Crippen LogP contribution in [-0.2, 0) is 0 Å². The molecule has 31 heavy (non-hydrogen) atoms. The van der Waals surface area contributed by atoms with Crippen molar-refractivity contribution in [2.24, 2.45) is 0 Å². The summed E-state index contributed by atoms with van der Waals surface area (Å²) in [6.45, 7) is 0. The smallest absolute Gasteiger partial charge is 0.388 e. The Kier molecular flexibility index (Phi) is 6.90. The van der Waals surface area contributed by atoms with Crippen LogP contribution < -0.4 is 4.90 Å². The van der Waals surface area contributed by atoms with E-state index >= 15 is 0 Å². The molecule has 0 fully saturated rings. The molecule has 0 amide bonds. The van der Waals surface area contributed by atoms with Crippen LogP contribution in [0.15, 0.2) is 24.3 Å². The molecule has 1 aromatic carbocycles. The summed E-state index contributed by atoms with van der Waals surface area (Å²) < 4.78 is 170. The van der Waals surface area contributed by atoms with Crippen LogP contribution in [0.1, 0.15) is 18.1 Å². The molecule has 0 aliphatic rings. The van der Waals surface area contributed by atoms with Gasteiger partial charge in [0.1, 0.15) is 0 Å². The average molecular weight is 483 g/mol. The van der Waals surface area contributed by atoms with E-state index in [2.05, 4.69) is 0 Å². The molecule has 1 N–H and O–H groups in total. The Bertz CT molecular complexity index is 773. The fourth-order valence-electron chi connectivity index (χ4n) is 2.30. The predicted octanol–water partition coefficient (Wildman–Crippen LogP) is 5.91. The van der Waals surface area contributed by atoms with Crippen LogP contribution >= 0.6 is 0 Å². The molecule has 1 unspecified atom stereocenters. The SMILES string of the molecule is CN(C)c1cccc(C(O)CC(F)(F)C(F)(F)C(F)(F)C(F)(F)C(F)(F)C(F)(F)F)c1. The van der Waals surface area contributed by atoms with Crippen LogP contribution in [0.3, 0.4) is 0 Å². The molecule has 0 aliphatic carbocycles. The van der Waals surface area contributed by atoms with Crippen molar-refractivity contribution in [1.82, 2.24) is 0 Å². The van der Waals surface area contributed by atoms with Gasteiger partial charge in [-0.25, -0.2) is 0 Å². The fourth-order valence-corrected chi connectivity index (χ4v) is 2.30. The predicted molar refractivity (Wildman–Crippen MR) is 81.1 cm³/mol. The van der Waals surface area contributed by atoms with Crippen LogP contribution in [0, 0.1) is 0 Å². The largest absolute Gasteiger partial charge is 0.460 e. The lowest BCUT2D eigenvalue weighted by Crippen LogP contribution is -2.70. The molecule has 1 rings (SSSR count). The highest BCUT2D eigenvalue weighted by molar-refractivity contribution is 5.47. The number of aliphatic hydroxyl groups is 1. The van der Waals surface area contributed by atoms with Crippen molar-refractivity contribution in [2.45, 2.75) is 48.3 Å². The van der Waals surface area contributed by atoms with Gasteiger partial charge in [-0.2, -0.15) is 57.1 Å². The minimum atomic E-state index is -7.96. The number of alkyl halides is 13. The lowest BCUT2D eigenvalue weighted by molar-refractivity contribution is -0.440. The number of anilines is 1. The van der Waals surface area contributed by atoms with Crippen molar-refractivity contribution >= 4 is 5.69 Å². The van der Waals surface area contributed by atoms with E-state index in [1.54, 1.807) is 0 Å². The average Bonchev–Trinajstić information content (AvgIpc) is 2.59. The summed E-state index contributed by atoms with van der Waals surface area (Å²) in [5, 5.41) is 9.69. The van der Waals surface area contributed by atoms with Gasteiger partial charge < -0.3 is 10.0 Å². The van der Waals surface area contributed by atoms with Crippen molar-refractivity contribution < 1.29 is 62.2 Å². The third kappa shape index (κ3) is 4.37. The highest BCUT2D eigenvalue weighted by Gasteiger charge is 2.90. The number of hydrogen-bond donors (Lipinski definition) is 1. The van der Waals surface area contributed by atoms with E-state index in [0.29, 0.717) is 0 Å². The van der Waals surface area contributed by atoms with Crippen LogP contribution in [0.2, 0.25) is 0 Å². The van der Waals surface area contributed by atoms with E-state index in [1.165, 1.54) is 25.1 Å². The van der Waals surface area contributed by atoms with Gasteiger partial charge in [0, 0.05) is 26.2 Å². The van der Waals surface area contributed by atoms with Gasteiger partial charge in [0.25, 0.3) is 0 Å². The first kappa shape index (κ1) is 27.1. The lowest BCUT2D eigenvalue weighted by Gasteiger charge is -2.40. The molecule has 0 radical (unpaired) electrons. The molecule has 0 aromatic heterocycles. The summed E-state index contributed by atoms with van der Waals surface area (Å²) in [6, 6.07) is 4.27. The standard InChI is InChI=1S/C16H14F13NO/c1-30(2)9-5-3-4-8(6-9)10(31)7-11(17,18)12(19,20)13(21,22)14(23,24)15(25,26)16(27,28)29/h3-6,10,31H,7H2,1-2H3. The molecule has 1 aromatic rings. The molecule has 0 saturated carbocycles. The Morgan fingerprint density at radius 3 is 1.61 bits per heavy atom. The maximum atomic E-state index is 13.8. The minimum absolute atomic E-state index is 0.202. The second-order valence-electron chi connectivity index (χ2n) is 6.71. The second kappa shape index (κ2) is 7.89. The summed E-state index contributed by atoms with van der Waals surface area (Å²) >= 11 is 0. The van der Waals surface area contributed by atoms with Gasteiger partial charge in [-0.15, -0.1) is 0 Å². The van der Waals surface area contributed by atoms with E-state index in [1.807, 2.05) is 0 Å². The Hall–Kier alpha value is -1.93. The van der Waals surface area contributed by atoms with E-state index in [0.717, 1.165) is 18.2 Å². The molecule has 180 valence electrons. The normalized spacial score (nSPS) is 15.7. The third-order valence-electron chi connectivity index (χ3n) is 4.22. The van der Waals surface area contributed by atoms with Crippen LogP contribution in [0.25, 0.3) is 0 Å². The summed E-state index contributed by atoms with van der Waals surface area (Å²) in [5.74, 6) is -37.4. The van der Waals surface area contributed by atoms with Gasteiger partial charge >= 0.3 is 35.8 Å². The molecular formula is C16H14F13NO. The molecule has 0 spiro atoms. The Morgan fingerprint density at radius 1 is 0.742 bits per heavy atom. The zero-order valence-electron chi connectivity index (χ0n) is 15.4. The fraction of sp³-hybridized carbons (Fsp3) is 0.625. The van der Waals surface area contributed by atoms with Gasteiger partial charge in [-0.05, 0) is 17.7 Å². The van der Waals surface area contributed by atoms with Crippen molar-refractivity contribution in [2.75, 3.05) is 19.0 Å². The quantitative estimate of drug-likeness (QED) is 0.465. The number of aliphatic hydroxyl groups excluding tert-OH is 1. The zero-order chi connectivity index (χ0) is 24.8. The molecule has 0 heterocycles. The first-order chi connectivity index (χ1) is 13.5. The van der Waals surface area contributed by atoms with Gasteiger partial charge in [0.2, 0.25) is 0 Å². The van der Waals surface area contributed by atoms with Crippen LogP contribution in [-0.4, -0.2) is 55.0 Å². The topological polar surface area (TPSA) is 23.5 Å². The number of halogens is 13. The molecule has 1 atom stereocenters. The zero-order valence-corrected chi connectivity index (χ0v) is 15.4. The van der Waals surface area contributed by atoms with Crippen LogP contribution in [0.4, 0.5) is 62.8 Å². The number of rotatable bonds is 8. The summed E-state index contributed by atoms with van der Waals surface area (Å²) in [5.41, 5.74) is -0.370. The first-order valence-corrected chi connectivity index (χ1v) is 7.95. The first-order valence-electron chi connectivity index (χ1n) is 7.95. The Balaban J connectivity index is 3.35. The van der Waals surface area contributed by atoms with Gasteiger partial charge in [0.05, 0.1) is 6.10 Å². The maximum absolute atomic E-state index is 13.8. The van der Waals surface area contributed by atoms with Gasteiger partial charge in [-0.1, -0.05) is 12.1 Å². The van der Waals surface area contributed by atoms with Crippen molar-refractivity contribution in [3.05, 3.63) is 29.8 Å². The number of benzene rings is 1. The monoisotopic (exact) mass is 483 g/mol. The van der Waals surface area contributed by atoms with Crippen LogP contribution in [0.5, 0.6) is 0 Å². The van der Waals surface area contributed by atoms with E-state index in [-0.39, 0.29) is 5.69 Å². The van der Waals surface area contributed by atoms with Crippen molar-refractivity contribution in [1.29, 1.82) is 0 Å². The van der Waals surface area contributed by atoms with E-state index in [9.17, 15) is 62.2 Å². The molecule has 0 aliphatic heterocycles. The minimum Gasteiger partial charge on any atom is -0.388 e. The summed E-state index contributed by atoms with van der Waals surface area (Å²) in [7, 11) is 2.86. The van der Waals surface area contributed by atoms with Gasteiger partial charge in [0.15, 0.2) is 0 Å². The molecule has 2 nitrogen and oxygen atoms in total. The van der Waals surface area contributed by atoms with E-state index in [4.69, 9.17) is 0 Å². The molecule has 15 heteroatoms. The summed E-state index contributed by atoms with van der Waals surface area (Å²) in [4.78, 5) is 1.34. The second-order valence-corrected chi connectivity index (χ2v) is 6.71. The Labute approximate surface area is 166 Å². The molecular weight excluding hydrogens is 469 g/mol. The Morgan fingerprint density at radius 2 is 1.19 bits per heavy atom. The maximum Gasteiger partial charge on any atom is 0.460 e. The van der Waals surface area contributed by atoms with E-state index < -0.39 is 53.9 Å². The van der Waals surface area contributed by atoms with Crippen molar-refractivity contribution in [3.8, 4) is 0 Å². The summed E-state index contributed by atoms with van der Waals surface area (Å²) in [6.07, 6.45) is -12.9. The number of nitrogens with zero attached hydrogens (tertiary/aromatic N) is 1. The third-order valence-corrected chi connectivity index (χ3v) is 4.22. The lowest BCUT2D eigenvalue weighted by atomic mass is 9.90. The number of hydrogen-bond acceptors (Lipinski definition) is 2. The molecule has 0 bridgehead atoms. The van der Waals surface area contributed by atoms with Crippen molar-refractivity contribution in [3.63, 3.8) is 0 Å².